The van der Waals surface area contributed by atoms with E-state index in [0.29, 0.717) is 0 Å². The van der Waals surface area contributed by atoms with Crippen LogP contribution in [-0.4, -0.2) is 23.4 Å². The zero-order chi connectivity index (χ0) is 14.4. The molecule has 1 aliphatic heterocycles. The number of fused-ring (bicyclic) bond motifs is 1. The third kappa shape index (κ3) is 2.60. The Bertz CT molecular complexity index is 531. The van der Waals surface area contributed by atoms with Crippen LogP contribution in [0.3, 0.4) is 0 Å². The summed E-state index contributed by atoms with van der Waals surface area (Å²) in [5.41, 5.74) is 0.182. The summed E-state index contributed by atoms with van der Waals surface area (Å²) in [6.07, 6.45) is -7.62. The van der Waals surface area contributed by atoms with Crippen LogP contribution in [0.25, 0.3) is 0 Å². The summed E-state index contributed by atoms with van der Waals surface area (Å²) in [5.74, 6) is -3.54. The highest BCUT2D eigenvalue weighted by atomic mass is 35.5. The summed E-state index contributed by atoms with van der Waals surface area (Å²) >= 11 is 11.6. The molecular weight excluding hydrogens is 308 g/mol. The Morgan fingerprint density at radius 3 is 2.42 bits per heavy atom. The molecule has 19 heavy (non-hydrogen) atoms. The first kappa shape index (κ1) is 14.3. The highest BCUT2D eigenvalue weighted by Gasteiger charge is 2.52. The van der Waals surface area contributed by atoms with E-state index in [0.717, 1.165) is 0 Å². The van der Waals surface area contributed by atoms with Gasteiger partial charge in [0, 0.05) is 10.6 Å². The lowest BCUT2D eigenvalue weighted by molar-refractivity contribution is -0.217. The Morgan fingerprint density at radius 2 is 1.89 bits per heavy atom. The maximum absolute atomic E-state index is 12.8. The minimum atomic E-state index is -4.80. The van der Waals surface area contributed by atoms with Crippen molar-refractivity contribution in [2.75, 3.05) is 0 Å². The summed E-state index contributed by atoms with van der Waals surface area (Å²) in [6.45, 7) is 0. The van der Waals surface area contributed by atoms with Crippen LogP contribution >= 0.6 is 23.2 Å². The molecule has 104 valence electrons. The molecule has 0 spiro atoms. The monoisotopic (exact) mass is 314 g/mol. The van der Waals surface area contributed by atoms with Crippen LogP contribution < -0.4 is 4.74 Å². The number of carboxylic acids is 1. The largest absolute Gasteiger partial charge is 0.481 e. The Morgan fingerprint density at radius 1 is 1.32 bits per heavy atom. The van der Waals surface area contributed by atoms with Gasteiger partial charge in [-0.1, -0.05) is 23.2 Å². The van der Waals surface area contributed by atoms with Gasteiger partial charge < -0.3 is 9.84 Å². The molecule has 0 aliphatic carbocycles. The molecule has 3 nitrogen and oxygen atoms in total. The molecule has 1 aromatic rings. The van der Waals surface area contributed by atoms with E-state index in [4.69, 9.17) is 33.0 Å². The Hall–Kier alpha value is -1.14. The number of hydrogen-bond acceptors (Lipinski definition) is 2. The van der Waals surface area contributed by atoms with Crippen LogP contribution in [0.15, 0.2) is 12.1 Å². The molecule has 1 aliphatic rings. The van der Waals surface area contributed by atoms with Crippen molar-refractivity contribution in [3.05, 3.63) is 27.7 Å². The maximum Gasteiger partial charge on any atom is 0.426 e. The van der Waals surface area contributed by atoms with Crippen LogP contribution in [0.2, 0.25) is 10.0 Å². The fraction of sp³-hybridized carbons (Fsp3) is 0.364. The number of hydrogen-bond donors (Lipinski definition) is 1. The van der Waals surface area contributed by atoms with Crippen molar-refractivity contribution in [1.82, 2.24) is 0 Å². The second-order valence-electron chi connectivity index (χ2n) is 4.07. The van der Waals surface area contributed by atoms with Crippen molar-refractivity contribution in [2.24, 2.45) is 5.92 Å². The second-order valence-corrected chi connectivity index (χ2v) is 4.88. The number of alkyl halides is 3. The molecule has 0 unspecified atom stereocenters. The van der Waals surface area contributed by atoms with Gasteiger partial charge in [0.25, 0.3) is 0 Å². The molecule has 0 aromatic heterocycles. The first-order valence-corrected chi connectivity index (χ1v) is 5.90. The average molecular weight is 315 g/mol. The molecule has 1 N–H and O–H groups in total. The molecule has 1 aromatic carbocycles. The SMILES string of the molecule is O=C(O)[C@@H]1Cc2c(Cl)ccc(Cl)c2O[C@@H]1C(F)(F)F. The van der Waals surface area contributed by atoms with Crippen LogP contribution in [0.5, 0.6) is 5.75 Å². The lowest BCUT2D eigenvalue weighted by Crippen LogP contribution is -2.47. The van der Waals surface area contributed by atoms with Gasteiger partial charge in [-0.05, 0) is 18.6 Å². The fourth-order valence-corrected chi connectivity index (χ4v) is 2.39. The molecule has 0 fully saturated rings. The maximum atomic E-state index is 12.8. The van der Waals surface area contributed by atoms with Gasteiger partial charge in [0.2, 0.25) is 6.10 Å². The topological polar surface area (TPSA) is 46.5 Å². The zero-order valence-corrected chi connectivity index (χ0v) is 10.7. The molecular formula is C11H7Cl2F3O3. The minimum absolute atomic E-state index is 0.0301. The van der Waals surface area contributed by atoms with E-state index in [1.165, 1.54) is 12.1 Å². The van der Waals surface area contributed by atoms with Crippen LogP contribution in [-0.2, 0) is 11.2 Å². The van der Waals surface area contributed by atoms with E-state index < -0.39 is 24.2 Å². The first-order chi connectivity index (χ1) is 8.71. The van der Waals surface area contributed by atoms with Gasteiger partial charge in [-0.25, -0.2) is 0 Å². The van der Waals surface area contributed by atoms with Crippen molar-refractivity contribution in [2.45, 2.75) is 18.7 Å². The molecule has 8 heteroatoms. The Balaban J connectivity index is 2.51. The first-order valence-electron chi connectivity index (χ1n) is 5.15. The van der Waals surface area contributed by atoms with Gasteiger partial charge in [-0.3, -0.25) is 4.79 Å². The summed E-state index contributed by atoms with van der Waals surface area (Å²) in [4.78, 5) is 11.0. The van der Waals surface area contributed by atoms with Gasteiger partial charge in [-0.2, -0.15) is 13.2 Å². The van der Waals surface area contributed by atoms with Crippen molar-refractivity contribution >= 4 is 29.2 Å². The number of carboxylic acid groups (broad SMARTS) is 1. The number of ether oxygens (including phenoxy) is 1. The lowest BCUT2D eigenvalue weighted by Gasteiger charge is -2.33. The molecule has 0 saturated carbocycles. The standard InChI is InChI=1S/C11H7Cl2F3O3/c12-6-1-2-7(13)8-4(6)3-5(10(17)18)9(19-8)11(14,15)16/h1-2,5,9H,3H2,(H,17,18)/t5-,9+/m1/s1. The van der Waals surface area contributed by atoms with E-state index in [9.17, 15) is 18.0 Å². The average Bonchev–Trinajstić information content (AvgIpc) is 2.31. The van der Waals surface area contributed by atoms with Gasteiger partial charge in [0.1, 0.15) is 11.7 Å². The number of rotatable bonds is 1. The van der Waals surface area contributed by atoms with E-state index in [-0.39, 0.29) is 27.8 Å². The number of carbonyl (C=O) groups is 1. The highest BCUT2D eigenvalue weighted by molar-refractivity contribution is 6.35. The van der Waals surface area contributed by atoms with Gasteiger partial charge in [0.05, 0.1) is 5.02 Å². The van der Waals surface area contributed by atoms with E-state index in [1.807, 2.05) is 0 Å². The number of aliphatic carboxylic acids is 1. The van der Waals surface area contributed by atoms with Crippen LogP contribution in [0.4, 0.5) is 13.2 Å². The third-order valence-corrected chi connectivity index (χ3v) is 3.48. The smallest absolute Gasteiger partial charge is 0.426 e. The molecule has 0 amide bonds. The molecule has 0 saturated heterocycles. The molecule has 2 rings (SSSR count). The normalized spacial score (nSPS) is 22.6. The van der Waals surface area contributed by atoms with E-state index in [2.05, 4.69) is 0 Å². The third-order valence-electron chi connectivity index (χ3n) is 2.83. The van der Waals surface area contributed by atoms with E-state index >= 15 is 0 Å². The molecule has 2 atom stereocenters. The number of benzene rings is 1. The minimum Gasteiger partial charge on any atom is -0.481 e. The van der Waals surface area contributed by atoms with Crippen LogP contribution in [0, 0.1) is 5.92 Å². The predicted octanol–water partition coefficient (Wildman–Crippen LogP) is 3.56. The van der Waals surface area contributed by atoms with Crippen molar-refractivity contribution in [3.8, 4) is 5.75 Å². The van der Waals surface area contributed by atoms with E-state index in [1.54, 1.807) is 0 Å². The summed E-state index contributed by atoms with van der Waals surface area (Å²) in [5, 5.41) is 9.00. The lowest BCUT2D eigenvalue weighted by atomic mass is 9.90. The second kappa shape index (κ2) is 4.76. The molecule has 0 radical (unpaired) electrons. The Kier molecular flexibility index (Phi) is 3.57. The highest BCUT2D eigenvalue weighted by Crippen LogP contribution is 2.44. The zero-order valence-electron chi connectivity index (χ0n) is 9.17. The van der Waals surface area contributed by atoms with Crippen molar-refractivity contribution in [1.29, 1.82) is 0 Å². The molecule has 1 heterocycles. The van der Waals surface area contributed by atoms with Crippen molar-refractivity contribution < 1.29 is 27.8 Å². The van der Waals surface area contributed by atoms with Gasteiger partial charge in [0.15, 0.2) is 0 Å². The quantitative estimate of drug-likeness (QED) is 0.862. The van der Waals surface area contributed by atoms with Gasteiger partial charge in [-0.15, -0.1) is 0 Å². The fourth-order valence-electron chi connectivity index (χ4n) is 1.94. The van der Waals surface area contributed by atoms with Crippen LogP contribution in [0.1, 0.15) is 5.56 Å². The summed E-state index contributed by atoms with van der Waals surface area (Å²) < 4.78 is 43.2. The summed E-state index contributed by atoms with van der Waals surface area (Å²) in [7, 11) is 0. The molecule has 0 bridgehead atoms. The van der Waals surface area contributed by atoms with Crippen molar-refractivity contribution in [3.63, 3.8) is 0 Å². The predicted molar refractivity (Wildman–Crippen MR) is 61.8 cm³/mol. The Labute approximate surface area is 115 Å². The summed E-state index contributed by atoms with van der Waals surface area (Å²) in [6, 6.07) is 2.69. The van der Waals surface area contributed by atoms with Gasteiger partial charge >= 0.3 is 12.1 Å². The number of halogens is 5.